The van der Waals surface area contributed by atoms with Crippen molar-refractivity contribution in [2.45, 2.75) is 82.8 Å². The van der Waals surface area contributed by atoms with E-state index < -0.39 is 50.0 Å². The second kappa shape index (κ2) is 19.1. The third-order valence-corrected chi connectivity index (χ3v) is 8.04. The van der Waals surface area contributed by atoms with Gasteiger partial charge in [0.15, 0.2) is 5.82 Å². The standard InChI is InChI=1S/C24H35Cl2N3O14S3/c25-23-27-22(28-24(26)29-23)20-13-12-19(16-21(20)30)40-14-6-4-2-1-3-5-8-17(42-45(34,35)36)10-11-18(43-46(37,38)39)9-7-15-41-44(31,32)33/h12-13,16-18,30H,1-11,14-15H2,(H,31,32,33)(H,34,35,36)(H,37,38,39). The van der Waals surface area contributed by atoms with Gasteiger partial charge < -0.3 is 9.84 Å². The van der Waals surface area contributed by atoms with E-state index in [1.807, 2.05) is 0 Å². The van der Waals surface area contributed by atoms with Gasteiger partial charge in [-0.2, -0.15) is 40.2 Å². The number of halogens is 2. The second-order valence-corrected chi connectivity index (χ2v) is 13.8. The van der Waals surface area contributed by atoms with Crippen molar-refractivity contribution in [1.82, 2.24) is 15.0 Å². The molecule has 0 aliphatic heterocycles. The number of aromatic nitrogens is 3. The van der Waals surface area contributed by atoms with Crippen LogP contribution in [0.4, 0.5) is 0 Å². The van der Waals surface area contributed by atoms with Crippen LogP contribution < -0.4 is 4.74 Å². The summed E-state index contributed by atoms with van der Waals surface area (Å²) in [4.78, 5) is 11.5. The van der Waals surface area contributed by atoms with Crippen LogP contribution in [-0.4, -0.2) is 84.4 Å². The molecule has 1 aromatic heterocycles. The van der Waals surface area contributed by atoms with Gasteiger partial charge in [0, 0.05) is 6.07 Å². The first-order valence-electron chi connectivity index (χ1n) is 13.9. The Morgan fingerprint density at radius 1 is 0.652 bits per heavy atom. The van der Waals surface area contributed by atoms with Crippen LogP contribution in [-0.2, 0) is 43.7 Å². The summed E-state index contributed by atoms with van der Waals surface area (Å²) in [6.07, 6.45) is 1.97. The van der Waals surface area contributed by atoms with E-state index >= 15 is 0 Å². The van der Waals surface area contributed by atoms with Gasteiger partial charge in [-0.15, -0.1) is 0 Å². The molecule has 4 N–H and O–H groups in total. The van der Waals surface area contributed by atoms with Crippen LogP contribution in [0.2, 0.25) is 10.6 Å². The number of ether oxygens (including phenoxy) is 1. The smallest absolute Gasteiger partial charge is 0.397 e. The minimum absolute atomic E-state index is 0.0793. The Balaban J connectivity index is 1.72. The predicted octanol–water partition coefficient (Wildman–Crippen LogP) is 4.42. The monoisotopic (exact) mass is 755 g/mol. The molecule has 1 aromatic carbocycles. The number of hydrogen-bond acceptors (Lipinski definition) is 14. The van der Waals surface area contributed by atoms with Crippen molar-refractivity contribution in [1.29, 1.82) is 0 Å². The van der Waals surface area contributed by atoms with Crippen molar-refractivity contribution < 1.29 is 61.3 Å². The molecule has 0 bridgehead atoms. The van der Waals surface area contributed by atoms with E-state index in [0.29, 0.717) is 30.8 Å². The predicted molar refractivity (Wildman–Crippen MR) is 164 cm³/mol. The fourth-order valence-corrected chi connectivity index (χ4v) is 6.04. The van der Waals surface area contributed by atoms with Gasteiger partial charge in [-0.3, -0.25) is 13.7 Å². The highest BCUT2D eigenvalue weighted by molar-refractivity contribution is 7.81. The van der Waals surface area contributed by atoms with Crippen molar-refractivity contribution in [3.63, 3.8) is 0 Å². The summed E-state index contributed by atoms with van der Waals surface area (Å²) in [5.41, 5.74) is 0.304. The van der Waals surface area contributed by atoms with E-state index in [4.69, 9.17) is 45.8 Å². The number of phenolic OH excluding ortho intramolecular Hbond substituents is 1. The van der Waals surface area contributed by atoms with Crippen LogP contribution in [0.5, 0.6) is 11.5 Å². The molecule has 17 nitrogen and oxygen atoms in total. The van der Waals surface area contributed by atoms with Gasteiger partial charge in [0.2, 0.25) is 10.6 Å². The third-order valence-electron chi connectivity index (χ3n) is 6.21. The first-order chi connectivity index (χ1) is 21.4. The number of hydrogen-bond donors (Lipinski definition) is 4. The highest BCUT2D eigenvalue weighted by Gasteiger charge is 2.23. The molecule has 262 valence electrons. The fraction of sp³-hybridized carbons (Fsp3) is 0.625. The largest absolute Gasteiger partial charge is 0.507 e. The van der Waals surface area contributed by atoms with Crippen molar-refractivity contribution >= 4 is 54.4 Å². The first kappa shape index (κ1) is 40.2. The number of unbranched alkanes of at least 4 members (excludes halogenated alkanes) is 5. The van der Waals surface area contributed by atoms with Crippen LogP contribution >= 0.6 is 23.2 Å². The van der Waals surface area contributed by atoms with E-state index in [9.17, 15) is 30.4 Å². The lowest BCUT2D eigenvalue weighted by Crippen LogP contribution is -2.24. The lowest BCUT2D eigenvalue weighted by atomic mass is 10.0. The maximum atomic E-state index is 11.3. The van der Waals surface area contributed by atoms with Gasteiger partial charge in [-0.25, -0.2) is 12.5 Å². The molecule has 0 spiro atoms. The summed E-state index contributed by atoms with van der Waals surface area (Å²) in [6.45, 7) is -0.103. The maximum absolute atomic E-state index is 11.3. The molecule has 2 rings (SSSR count). The Labute approximate surface area is 277 Å². The van der Waals surface area contributed by atoms with Crippen molar-refractivity contribution in [3.8, 4) is 22.9 Å². The topological polar surface area (TPSA) is 259 Å². The zero-order chi connectivity index (χ0) is 34.4. The molecule has 46 heavy (non-hydrogen) atoms. The molecule has 0 saturated heterocycles. The lowest BCUT2D eigenvalue weighted by Gasteiger charge is -2.20. The second-order valence-electron chi connectivity index (χ2n) is 9.90. The van der Waals surface area contributed by atoms with E-state index in [-0.39, 0.29) is 54.2 Å². The molecular weight excluding hydrogens is 721 g/mol. The number of benzene rings is 1. The summed E-state index contributed by atoms with van der Waals surface area (Å²) in [5, 5.41) is 10.1. The molecule has 0 aliphatic carbocycles. The van der Waals surface area contributed by atoms with E-state index in [1.54, 1.807) is 12.1 Å². The van der Waals surface area contributed by atoms with Crippen LogP contribution in [0.3, 0.4) is 0 Å². The number of aromatic hydroxyl groups is 1. The van der Waals surface area contributed by atoms with E-state index in [2.05, 4.69) is 23.3 Å². The highest BCUT2D eigenvalue weighted by atomic mass is 35.5. The van der Waals surface area contributed by atoms with Gasteiger partial charge in [0.05, 0.1) is 31.0 Å². The van der Waals surface area contributed by atoms with Crippen LogP contribution in [0, 0.1) is 0 Å². The average Bonchev–Trinajstić information content (AvgIpc) is 2.90. The molecule has 0 fully saturated rings. The van der Waals surface area contributed by atoms with Crippen LogP contribution in [0.15, 0.2) is 18.2 Å². The Hall–Kier alpha value is -1.98. The molecule has 2 aromatic rings. The molecule has 2 unspecified atom stereocenters. The summed E-state index contributed by atoms with van der Waals surface area (Å²) < 4.78 is 112. The maximum Gasteiger partial charge on any atom is 0.397 e. The van der Waals surface area contributed by atoms with Gasteiger partial charge >= 0.3 is 31.2 Å². The zero-order valence-corrected chi connectivity index (χ0v) is 28.2. The van der Waals surface area contributed by atoms with Crippen molar-refractivity contribution in [2.24, 2.45) is 0 Å². The number of phenols is 1. The van der Waals surface area contributed by atoms with E-state index in [0.717, 1.165) is 25.7 Å². The average molecular weight is 757 g/mol. The number of rotatable bonds is 23. The van der Waals surface area contributed by atoms with E-state index in [1.165, 1.54) is 6.07 Å². The normalized spacial score (nSPS) is 13.8. The minimum Gasteiger partial charge on any atom is -0.507 e. The Morgan fingerprint density at radius 3 is 1.70 bits per heavy atom. The zero-order valence-electron chi connectivity index (χ0n) is 24.3. The van der Waals surface area contributed by atoms with Crippen LogP contribution in [0.1, 0.15) is 70.6 Å². The van der Waals surface area contributed by atoms with Gasteiger partial charge in [-0.1, -0.05) is 32.1 Å². The van der Waals surface area contributed by atoms with Crippen molar-refractivity contribution in [3.05, 3.63) is 28.8 Å². The Morgan fingerprint density at radius 2 is 1.17 bits per heavy atom. The lowest BCUT2D eigenvalue weighted by molar-refractivity contribution is 0.113. The minimum atomic E-state index is -4.89. The summed E-state index contributed by atoms with van der Waals surface area (Å²) in [5.74, 6) is 0.425. The fourth-order valence-electron chi connectivity index (χ4n) is 4.28. The Bertz CT molecular complexity index is 1560. The molecule has 0 saturated carbocycles. The SMILES string of the molecule is O=S(=O)(O)OCCCC(CCC(CCCCCCCCOc1ccc(-c2nc(Cl)nc(Cl)n2)c(O)c1)OS(=O)(=O)O)OS(=O)(=O)O. The summed E-state index contributed by atoms with van der Waals surface area (Å²) in [6, 6.07) is 4.62. The first-order valence-corrected chi connectivity index (χ1v) is 18.7. The highest BCUT2D eigenvalue weighted by Crippen LogP contribution is 2.31. The Kier molecular flexibility index (Phi) is 16.7. The molecule has 1 heterocycles. The summed E-state index contributed by atoms with van der Waals surface area (Å²) >= 11 is 11.6. The van der Waals surface area contributed by atoms with Gasteiger partial charge in [0.1, 0.15) is 11.5 Å². The summed E-state index contributed by atoms with van der Waals surface area (Å²) in [7, 11) is -14.4. The van der Waals surface area contributed by atoms with Crippen molar-refractivity contribution in [2.75, 3.05) is 13.2 Å². The molecule has 0 radical (unpaired) electrons. The van der Waals surface area contributed by atoms with Gasteiger partial charge in [0.25, 0.3) is 0 Å². The van der Waals surface area contributed by atoms with Crippen LogP contribution in [0.25, 0.3) is 11.4 Å². The molecule has 0 aliphatic rings. The van der Waals surface area contributed by atoms with Gasteiger partial charge in [-0.05, 0) is 73.9 Å². The molecule has 22 heteroatoms. The molecule has 2 atom stereocenters. The third kappa shape index (κ3) is 18.4. The quantitative estimate of drug-likeness (QED) is 0.0903. The molecule has 0 amide bonds. The number of nitrogens with zero attached hydrogens (tertiary/aromatic N) is 3. The molecular formula is C24H35Cl2N3O14S3.